The lowest BCUT2D eigenvalue weighted by atomic mass is 10.2. The van der Waals surface area contributed by atoms with Crippen LogP contribution in [-0.2, 0) is 0 Å². The van der Waals surface area contributed by atoms with Crippen molar-refractivity contribution >= 4 is 11.8 Å². The van der Waals surface area contributed by atoms with Crippen LogP contribution in [0.2, 0.25) is 0 Å². The van der Waals surface area contributed by atoms with Gasteiger partial charge in [0.2, 0.25) is 16.9 Å². The van der Waals surface area contributed by atoms with Crippen LogP contribution in [0.1, 0.15) is 18.1 Å². The summed E-state index contributed by atoms with van der Waals surface area (Å²) in [6.45, 7) is 1.97. The van der Waals surface area contributed by atoms with E-state index in [1.807, 2.05) is 61.5 Å². The van der Waals surface area contributed by atoms with Crippen LogP contribution in [0.3, 0.4) is 0 Å². The van der Waals surface area contributed by atoms with Gasteiger partial charge >= 0.3 is 0 Å². The molecule has 0 amide bonds. The fourth-order valence-electron chi connectivity index (χ4n) is 2.44. The van der Waals surface area contributed by atoms with Crippen molar-refractivity contribution in [2.45, 2.75) is 17.3 Å². The van der Waals surface area contributed by atoms with E-state index in [-0.39, 0.29) is 5.25 Å². The Morgan fingerprint density at radius 2 is 1.78 bits per heavy atom. The summed E-state index contributed by atoms with van der Waals surface area (Å²) in [6, 6.07) is 17.2. The number of ether oxygens (including phenoxy) is 1. The van der Waals surface area contributed by atoms with Crippen molar-refractivity contribution < 1.29 is 9.15 Å². The Labute approximate surface area is 159 Å². The molecule has 2 aromatic carbocycles. The van der Waals surface area contributed by atoms with Crippen LogP contribution < -0.4 is 4.74 Å². The van der Waals surface area contributed by atoms with E-state index in [2.05, 4.69) is 25.7 Å². The highest BCUT2D eigenvalue weighted by molar-refractivity contribution is 7.99. The molecule has 0 saturated carbocycles. The zero-order chi connectivity index (χ0) is 18.6. The number of hydrogen-bond acceptors (Lipinski definition) is 8. The second-order valence-electron chi connectivity index (χ2n) is 5.64. The highest BCUT2D eigenvalue weighted by Gasteiger charge is 2.20. The number of aromatic nitrogens is 6. The summed E-state index contributed by atoms with van der Waals surface area (Å²) in [7, 11) is 1.63. The van der Waals surface area contributed by atoms with Crippen molar-refractivity contribution in [3.05, 3.63) is 60.5 Å². The fraction of sp³-hybridized carbons (Fsp3) is 0.167. The Balaban J connectivity index is 1.52. The Bertz CT molecular complexity index is 1020. The first kappa shape index (κ1) is 17.2. The highest BCUT2D eigenvalue weighted by atomic mass is 32.2. The van der Waals surface area contributed by atoms with Gasteiger partial charge < -0.3 is 9.15 Å². The minimum atomic E-state index is -0.113. The molecule has 0 aliphatic heterocycles. The number of rotatable bonds is 6. The van der Waals surface area contributed by atoms with Crippen LogP contribution in [0.15, 0.2) is 64.2 Å². The predicted octanol–water partition coefficient (Wildman–Crippen LogP) is 3.57. The van der Waals surface area contributed by atoms with Gasteiger partial charge in [0, 0.05) is 5.56 Å². The van der Waals surface area contributed by atoms with Crippen LogP contribution in [0, 0.1) is 0 Å². The summed E-state index contributed by atoms with van der Waals surface area (Å²) in [5.41, 5.74) is 1.72. The molecule has 0 aliphatic carbocycles. The van der Waals surface area contributed by atoms with Crippen LogP contribution in [-0.4, -0.2) is 37.5 Å². The van der Waals surface area contributed by atoms with Gasteiger partial charge in [-0.05, 0) is 53.7 Å². The summed E-state index contributed by atoms with van der Waals surface area (Å²) in [6.07, 6.45) is 0. The van der Waals surface area contributed by atoms with Crippen LogP contribution in [0.5, 0.6) is 5.75 Å². The largest absolute Gasteiger partial charge is 0.497 e. The smallest absolute Gasteiger partial charge is 0.247 e. The van der Waals surface area contributed by atoms with Gasteiger partial charge in [0.25, 0.3) is 0 Å². The van der Waals surface area contributed by atoms with Gasteiger partial charge in [-0.1, -0.05) is 30.0 Å². The molecule has 2 heterocycles. The molecule has 0 N–H and O–H groups in total. The number of tetrazole rings is 1. The summed E-state index contributed by atoms with van der Waals surface area (Å²) in [5, 5.41) is 20.8. The third kappa shape index (κ3) is 3.68. The molecule has 136 valence electrons. The Hall–Kier alpha value is -3.20. The van der Waals surface area contributed by atoms with E-state index in [9.17, 15) is 0 Å². The number of thioether (sulfide) groups is 1. The Kier molecular flexibility index (Phi) is 4.84. The number of hydrogen-bond donors (Lipinski definition) is 0. The standard InChI is InChI=1S/C18H16N6O2S/c1-12(27-18-21-22-23-24(18)14-6-4-3-5-7-14)16-19-20-17(26-16)13-8-10-15(25-2)11-9-13/h3-12H,1-2H3. The maximum absolute atomic E-state index is 5.84. The molecular formula is C18H16N6O2S. The van der Waals surface area contributed by atoms with Crippen molar-refractivity contribution in [1.82, 2.24) is 30.4 Å². The Morgan fingerprint density at radius 3 is 2.52 bits per heavy atom. The van der Waals surface area contributed by atoms with Gasteiger partial charge in [0.05, 0.1) is 18.0 Å². The second kappa shape index (κ2) is 7.58. The van der Waals surface area contributed by atoms with Crippen molar-refractivity contribution in [2.75, 3.05) is 7.11 Å². The van der Waals surface area contributed by atoms with Gasteiger partial charge in [-0.3, -0.25) is 0 Å². The van der Waals surface area contributed by atoms with E-state index in [1.165, 1.54) is 11.8 Å². The minimum absolute atomic E-state index is 0.113. The van der Waals surface area contributed by atoms with Crippen LogP contribution in [0.25, 0.3) is 17.1 Å². The minimum Gasteiger partial charge on any atom is -0.497 e. The number of methoxy groups -OCH3 is 1. The van der Waals surface area contributed by atoms with Gasteiger partial charge in [-0.25, -0.2) is 0 Å². The van der Waals surface area contributed by atoms with E-state index in [1.54, 1.807) is 11.8 Å². The molecule has 0 bridgehead atoms. The van der Waals surface area contributed by atoms with Crippen LogP contribution in [0.4, 0.5) is 0 Å². The molecule has 1 atom stereocenters. The molecular weight excluding hydrogens is 364 g/mol. The molecule has 0 fully saturated rings. The second-order valence-corrected chi connectivity index (χ2v) is 6.95. The molecule has 4 rings (SSSR count). The molecule has 1 unspecified atom stereocenters. The summed E-state index contributed by atoms with van der Waals surface area (Å²) < 4.78 is 12.7. The molecule has 8 nitrogen and oxygen atoms in total. The van der Waals surface area contributed by atoms with Crippen LogP contribution >= 0.6 is 11.8 Å². The third-order valence-electron chi connectivity index (χ3n) is 3.85. The Morgan fingerprint density at radius 1 is 1.00 bits per heavy atom. The van der Waals surface area contributed by atoms with E-state index < -0.39 is 0 Å². The molecule has 2 aromatic heterocycles. The zero-order valence-electron chi connectivity index (χ0n) is 14.7. The predicted molar refractivity (Wildman–Crippen MR) is 99.7 cm³/mol. The third-order valence-corrected chi connectivity index (χ3v) is 4.87. The zero-order valence-corrected chi connectivity index (χ0v) is 15.5. The highest BCUT2D eigenvalue weighted by Crippen LogP contribution is 2.34. The maximum Gasteiger partial charge on any atom is 0.247 e. The van der Waals surface area contributed by atoms with Crippen molar-refractivity contribution in [3.63, 3.8) is 0 Å². The van der Waals surface area contributed by atoms with Gasteiger partial charge in [0.15, 0.2) is 0 Å². The molecule has 0 spiro atoms. The molecule has 27 heavy (non-hydrogen) atoms. The monoisotopic (exact) mass is 380 g/mol. The SMILES string of the molecule is COc1ccc(-c2nnc(C(C)Sc3nnnn3-c3ccccc3)o2)cc1. The maximum atomic E-state index is 5.84. The quantitative estimate of drug-likeness (QED) is 0.469. The topological polar surface area (TPSA) is 91.8 Å². The van der Waals surface area contributed by atoms with E-state index in [0.717, 1.165) is 17.0 Å². The molecule has 9 heteroatoms. The lowest BCUT2D eigenvalue weighted by molar-refractivity contribution is 0.415. The number of nitrogens with zero attached hydrogens (tertiary/aromatic N) is 6. The molecule has 4 aromatic rings. The van der Waals surface area contributed by atoms with E-state index in [0.29, 0.717) is 16.9 Å². The first-order valence-corrected chi connectivity index (χ1v) is 9.11. The fourth-order valence-corrected chi connectivity index (χ4v) is 3.28. The van der Waals surface area contributed by atoms with Crippen molar-refractivity contribution in [2.24, 2.45) is 0 Å². The first-order chi connectivity index (χ1) is 13.2. The normalized spacial score (nSPS) is 12.1. The lowest BCUT2D eigenvalue weighted by Crippen LogP contribution is -2.00. The average molecular weight is 380 g/mol. The summed E-state index contributed by atoms with van der Waals surface area (Å²) >= 11 is 1.45. The first-order valence-electron chi connectivity index (χ1n) is 8.23. The number of para-hydroxylation sites is 1. The van der Waals surface area contributed by atoms with Gasteiger partial charge in [-0.2, -0.15) is 4.68 Å². The summed E-state index contributed by atoms with van der Waals surface area (Å²) in [4.78, 5) is 0. The van der Waals surface area contributed by atoms with Crippen molar-refractivity contribution in [3.8, 4) is 22.9 Å². The van der Waals surface area contributed by atoms with Gasteiger partial charge in [-0.15, -0.1) is 15.3 Å². The van der Waals surface area contributed by atoms with Gasteiger partial charge in [0.1, 0.15) is 5.75 Å². The molecule has 0 radical (unpaired) electrons. The number of benzene rings is 2. The lowest BCUT2D eigenvalue weighted by Gasteiger charge is -2.07. The summed E-state index contributed by atoms with van der Waals surface area (Å²) in [5.74, 6) is 1.74. The van der Waals surface area contributed by atoms with E-state index in [4.69, 9.17) is 9.15 Å². The average Bonchev–Trinajstić information content (AvgIpc) is 3.38. The van der Waals surface area contributed by atoms with Crippen molar-refractivity contribution in [1.29, 1.82) is 0 Å². The molecule has 0 aliphatic rings. The van der Waals surface area contributed by atoms with E-state index >= 15 is 0 Å². The molecule has 0 saturated heterocycles.